The molecule has 2 N–H and O–H groups in total. The first kappa shape index (κ1) is 10.4. The largest absolute Gasteiger partial charge is 0.466 e. The van der Waals surface area contributed by atoms with Crippen LogP contribution in [0.5, 0.6) is 0 Å². The van der Waals surface area contributed by atoms with Gasteiger partial charge in [-0.1, -0.05) is 0 Å². The van der Waals surface area contributed by atoms with Crippen LogP contribution in [0, 0.1) is 0 Å². The Bertz CT molecular complexity index is 111. The van der Waals surface area contributed by atoms with Gasteiger partial charge in [0.25, 0.3) is 0 Å². The monoisotopic (exact) mass is 162 g/mol. The fraction of sp³-hybridized carbons (Fsp3) is 0.857. The van der Waals surface area contributed by atoms with Crippen molar-refractivity contribution in [2.45, 2.75) is 32.5 Å². The molecule has 0 unspecified atom stereocenters. The summed E-state index contributed by atoms with van der Waals surface area (Å²) in [6.07, 6.45) is -0.384. The summed E-state index contributed by atoms with van der Waals surface area (Å²) in [7, 11) is 0. The fourth-order valence-electron chi connectivity index (χ4n) is 0.662. The third-order valence-corrected chi connectivity index (χ3v) is 1.15. The standard InChI is InChI=1S/C7H14O4/c1-2-11-7(10)5-3-4-6(8)9/h6,8-9H,2-5H2,1H3. The Morgan fingerprint density at radius 3 is 2.64 bits per heavy atom. The summed E-state index contributed by atoms with van der Waals surface area (Å²) in [5, 5.41) is 16.8. The average Bonchev–Trinajstić information content (AvgIpc) is 1.87. The van der Waals surface area contributed by atoms with E-state index in [4.69, 9.17) is 10.2 Å². The van der Waals surface area contributed by atoms with Gasteiger partial charge in [0, 0.05) is 6.42 Å². The van der Waals surface area contributed by atoms with Gasteiger partial charge in [0.1, 0.15) is 0 Å². The average molecular weight is 162 g/mol. The van der Waals surface area contributed by atoms with Crippen molar-refractivity contribution in [2.75, 3.05) is 6.61 Å². The van der Waals surface area contributed by atoms with E-state index in [1.807, 2.05) is 0 Å². The zero-order valence-electron chi connectivity index (χ0n) is 6.62. The van der Waals surface area contributed by atoms with Gasteiger partial charge in [-0.05, 0) is 19.8 Å². The smallest absolute Gasteiger partial charge is 0.305 e. The maximum absolute atomic E-state index is 10.6. The lowest BCUT2D eigenvalue weighted by atomic mass is 10.2. The first-order valence-corrected chi connectivity index (χ1v) is 3.68. The van der Waals surface area contributed by atoms with Gasteiger partial charge in [-0.3, -0.25) is 4.79 Å². The second-order valence-electron chi connectivity index (χ2n) is 2.18. The van der Waals surface area contributed by atoms with Crippen molar-refractivity contribution in [1.82, 2.24) is 0 Å². The van der Waals surface area contributed by atoms with E-state index in [1.165, 1.54) is 0 Å². The van der Waals surface area contributed by atoms with E-state index in [0.29, 0.717) is 13.0 Å². The summed E-state index contributed by atoms with van der Waals surface area (Å²) in [4.78, 5) is 10.6. The molecular weight excluding hydrogens is 148 g/mol. The highest BCUT2D eigenvalue weighted by atomic mass is 16.5. The molecule has 0 aromatic heterocycles. The highest BCUT2D eigenvalue weighted by Gasteiger charge is 2.03. The van der Waals surface area contributed by atoms with Gasteiger partial charge in [-0.2, -0.15) is 0 Å². The molecule has 0 rings (SSSR count). The number of carbonyl (C=O) groups excluding carboxylic acids is 1. The van der Waals surface area contributed by atoms with E-state index < -0.39 is 6.29 Å². The van der Waals surface area contributed by atoms with Gasteiger partial charge in [-0.15, -0.1) is 0 Å². The molecule has 0 spiro atoms. The van der Waals surface area contributed by atoms with Gasteiger partial charge in [0.05, 0.1) is 6.61 Å². The van der Waals surface area contributed by atoms with Gasteiger partial charge in [0.15, 0.2) is 6.29 Å². The molecule has 0 aliphatic carbocycles. The second kappa shape index (κ2) is 6.12. The van der Waals surface area contributed by atoms with E-state index in [9.17, 15) is 4.79 Å². The molecule has 66 valence electrons. The Kier molecular flexibility index (Phi) is 5.78. The van der Waals surface area contributed by atoms with E-state index in [0.717, 1.165) is 0 Å². The maximum Gasteiger partial charge on any atom is 0.305 e. The molecule has 0 bridgehead atoms. The number of rotatable bonds is 5. The highest BCUT2D eigenvalue weighted by molar-refractivity contribution is 5.69. The molecule has 0 atom stereocenters. The van der Waals surface area contributed by atoms with Crippen LogP contribution in [-0.2, 0) is 9.53 Å². The van der Waals surface area contributed by atoms with E-state index in [2.05, 4.69) is 4.74 Å². The molecule has 0 aromatic carbocycles. The molecule has 0 amide bonds. The molecule has 0 fully saturated rings. The summed E-state index contributed by atoms with van der Waals surface area (Å²) in [6.45, 7) is 2.11. The number of carbonyl (C=O) groups is 1. The minimum absolute atomic E-state index is 0.221. The van der Waals surface area contributed by atoms with Crippen molar-refractivity contribution in [3.63, 3.8) is 0 Å². The third-order valence-electron chi connectivity index (χ3n) is 1.15. The van der Waals surface area contributed by atoms with Crippen LogP contribution in [-0.4, -0.2) is 29.1 Å². The van der Waals surface area contributed by atoms with Crippen molar-refractivity contribution in [3.8, 4) is 0 Å². The van der Waals surface area contributed by atoms with E-state index in [1.54, 1.807) is 6.92 Å². The lowest BCUT2D eigenvalue weighted by Crippen LogP contribution is -2.07. The SMILES string of the molecule is CCOC(=O)CCCC(O)O. The molecule has 0 radical (unpaired) electrons. The van der Waals surface area contributed by atoms with Crippen molar-refractivity contribution in [2.24, 2.45) is 0 Å². The summed E-state index contributed by atoms with van der Waals surface area (Å²) >= 11 is 0. The highest BCUT2D eigenvalue weighted by Crippen LogP contribution is 1.99. The van der Waals surface area contributed by atoms with Crippen LogP contribution in [0.1, 0.15) is 26.2 Å². The summed E-state index contributed by atoms with van der Waals surface area (Å²) in [5.74, 6) is -0.284. The molecule has 0 saturated heterocycles. The second-order valence-corrected chi connectivity index (χ2v) is 2.18. The van der Waals surface area contributed by atoms with Gasteiger partial charge in [0.2, 0.25) is 0 Å². The lowest BCUT2D eigenvalue weighted by Gasteiger charge is -2.02. The Morgan fingerprint density at radius 2 is 2.18 bits per heavy atom. The Labute approximate surface area is 65.8 Å². The first-order valence-electron chi connectivity index (χ1n) is 3.68. The predicted octanol–water partition coefficient (Wildman–Crippen LogP) is 0.0305. The molecule has 0 heterocycles. The molecule has 0 aliphatic heterocycles. The molecule has 4 heteroatoms. The Hall–Kier alpha value is -0.610. The molecule has 11 heavy (non-hydrogen) atoms. The minimum Gasteiger partial charge on any atom is -0.466 e. The summed E-state index contributed by atoms with van der Waals surface area (Å²) in [6, 6.07) is 0. The van der Waals surface area contributed by atoms with Crippen molar-refractivity contribution < 1.29 is 19.7 Å². The van der Waals surface area contributed by atoms with Crippen LogP contribution in [0.4, 0.5) is 0 Å². The molecular formula is C7H14O4. The van der Waals surface area contributed by atoms with Crippen molar-refractivity contribution in [3.05, 3.63) is 0 Å². The van der Waals surface area contributed by atoms with Gasteiger partial charge < -0.3 is 14.9 Å². The van der Waals surface area contributed by atoms with Crippen LogP contribution in [0.15, 0.2) is 0 Å². The molecule has 0 saturated carbocycles. The van der Waals surface area contributed by atoms with Crippen molar-refractivity contribution in [1.29, 1.82) is 0 Å². The Morgan fingerprint density at radius 1 is 1.55 bits per heavy atom. The maximum atomic E-state index is 10.6. The fourth-order valence-corrected chi connectivity index (χ4v) is 0.662. The predicted molar refractivity (Wildman–Crippen MR) is 38.7 cm³/mol. The summed E-state index contributed by atoms with van der Waals surface area (Å²) in [5.41, 5.74) is 0. The number of aliphatic hydroxyl groups is 2. The van der Waals surface area contributed by atoms with E-state index in [-0.39, 0.29) is 18.8 Å². The van der Waals surface area contributed by atoms with Crippen LogP contribution >= 0.6 is 0 Å². The van der Waals surface area contributed by atoms with Crippen LogP contribution in [0.25, 0.3) is 0 Å². The van der Waals surface area contributed by atoms with Crippen LogP contribution in [0.2, 0.25) is 0 Å². The number of aliphatic hydroxyl groups excluding tert-OH is 1. The Balaban J connectivity index is 3.17. The normalized spacial score (nSPS) is 10.2. The topological polar surface area (TPSA) is 66.8 Å². The van der Waals surface area contributed by atoms with Crippen LogP contribution < -0.4 is 0 Å². The molecule has 0 aromatic rings. The summed E-state index contributed by atoms with van der Waals surface area (Å²) < 4.78 is 4.62. The number of ether oxygens (including phenoxy) is 1. The third kappa shape index (κ3) is 7.29. The zero-order valence-corrected chi connectivity index (χ0v) is 6.62. The van der Waals surface area contributed by atoms with Gasteiger partial charge in [-0.25, -0.2) is 0 Å². The van der Waals surface area contributed by atoms with Gasteiger partial charge >= 0.3 is 5.97 Å². The van der Waals surface area contributed by atoms with E-state index >= 15 is 0 Å². The van der Waals surface area contributed by atoms with Crippen LogP contribution in [0.3, 0.4) is 0 Å². The lowest BCUT2D eigenvalue weighted by molar-refractivity contribution is -0.143. The zero-order chi connectivity index (χ0) is 8.69. The minimum atomic E-state index is -1.32. The number of hydrogen-bond donors (Lipinski definition) is 2. The quantitative estimate of drug-likeness (QED) is 0.442. The first-order chi connectivity index (χ1) is 5.16. The number of hydrogen-bond acceptors (Lipinski definition) is 4. The molecule has 4 nitrogen and oxygen atoms in total. The number of esters is 1. The van der Waals surface area contributed by atoms with Crippen molar-refractivity contribution >= 4 is 5.97 Å². The molecule has 0 aliphatic rings.